The number of aromatic hydroxyl groups is 2. The number of halogens is 1. The Kier molecular flexibility index (Phi) is 3.60. The van der Waals surface area contributed by atoms with Gasteiger partial charge in [-0.1, -0.05) is 0 Å². The van der Waals surface area contributed by atoms with E-state index in [1.807, 2.05) is 13.8 Å². The standard InChI is InChI=1S/C15H16FNO2/c1-9-5-12(16)3-4-15(9)17-10(2)11-6-13(18)8-14(19)7-11/h3-8,10,17-19H,1-2H3. The first-order valence-corrected chi connectivity index (χ1v) is 6.01. The molecule has 0 heterocycles. The van der Waals surface area contributed by atoms with Crippen LogP contribution in [-0.4, -0.2) is 10.2 Å². The Bertz CT molecular complexity index is 578. The molecule has 4 heteroatoms. The first kappa shape index (κ1) is 13.2. The summed E-state index contributed by atoms with van der Waals surface area (Å²) in [5.41, 5.74) is 2.37. The van der Waals surface area contributed by atoms with Crippen molar-refractivity contribution in [3.63, 3.8) is 0 Å². The lowest BCUT2D eigenvalue weighted by molar-refractivity contribution is 0.448. The Morgan fingerprint density at radius 2 is 1.68 bits per heavy atom. The van der Waals surface area contributed by atoms with Gasteiger partial charge < -0.3 is 15.5 Å². The average Bonchev–Trinajstić information content (AvgIpc) is 2.31. The van der Waals surface area contributed by atoms with Gasteiger partial charge in [-0.05, 0) is 55.3 Å². The smallest absolute Gasteiger partial charge is 0.123 e. The zero-order valence-electron chi connectivity index (χ0n) is 10.8. The van der Waals surface area contributed by atoms with Crippen LogP contribution in [0.2, 0.25) is 0 Å². The van der Waals surface area contributed by atoms with Gasteiger partial charge in [0.05, 0.1) is 0 Å². The van der Waals surface area contributed by atoms with Crippen molar-refractivity contribution >= 4 is 5.69 Å². The molecule has 0 aliphatic heterocycles. The van der Waals surface area contributed by atoms with Gasteiger partial charge in [0.1, 0.15) is 17.3 Å². The minimum atomic E-state index is -0.272. The predicted octanol–water partition coefficient (Wildman–Crippen LogP) is 3.72. The van der Waals surface area contributed by atoms with Crippen LogP contribution in [0.1, 0.15) is 24.1 Å². The SMILES string of the molecule is Cc1cc(F)ccc1NC(C)c1cc(O)cc(O)c1. The van der Waals surface area contributed by atoms with E-state index in [0.717, 1.165) is 16.8 Å². The van der Waals surface area contributed by atoms with Gasteiger partial charge in [0.15, 0.2) is 0 Å². The fourth-order valence-corrected chi connectivity index (χ4v) is 1.97. The van der Waals surface area contributed by atoms with Gasteiger partial charge in [-0.3, -0.25) is 0 Å². The van der Waals surface area contributed by atoms with Gasteiger partial charge in [-0.2, -0.15) is 0 Å². The monoisotopic (exact) mass is 261 g/mol. The maximum Gasteiger partial charge on any atom is 0.123 e. The quantitative estimate of drug-likeness (QED) is 0.789. The molecule has 1 unspecified atom stereocenters. The van der Waals surface area contributed by atoms with Crippen molar-refractivity contribution in [3.05, 3.63) is 53.3 Å². The van der Waals surface area contributed by atoms with Gasteiger partial charge in [0.2, 0.25) is 0 Å². The molecule has 0 aliphatic rings. The number of phenolic OH excluding ortho intramolecular Hbond substituents is 2. The van der Waals surface area contributed by atoms with Gasteiger partial charge in [0.25, 0.3) is 0 Å². The molecule has 0 saturated carbocycles. The molecule has 2 aromatic carbocycles. The fraction of sp³-hybridized carbons (Fsp3) is 0.200. The molecule has 100 valence electrons. The predicted molar refractivity (Wildman–Crippen MR) is 72.9 cm³/mol. The Labute approximate surface area is 111 Å². The van der Waals surface area contributed by atoms with Crippen molar-refractivity contribution in [2.45, 2.75) is 19.9 Å². The molecule has 0 radical (unpaired) electrons. The average molecular weight is 261 g/mol. The van der Waals surface area contributed by atoms with Crippen LogP contribution >= 0.6 is 0 Å². The third-order valence-corrected chi connectivity index (χ3v) is 2.99. The third-order valence-electron chi connectivity index (χ3n) is 2.99. The summed E-state index contributed by atoms with van der Waals surface area (Å²) in [6.45, 7) is 3.72. The van der Waals surface area contributed by atoms with Crippen molar-refractivity contribution in [2.75, 3.05) is 5.32 Å². The molecule has 0 spiro atoms. The molecule has 1 atom stereocenters. The molecule has 0 fully saturated rings. The van der Waals surface area contributed by atoms with E-state index in [1.54, 1.807) is 18.2 Å². The van der Waals surface area contributed by atoms with Crippen LogP contribution in [0.3, 0.4) is 0 Å². The summed E-state index contributed by atoms with van der Waals surface area (Å²) in [4.78, 5) is 0. The number of aryl methyl sites for hydroxylation is 1. The Morgan fingerprint density at radius 3 is 2.26 bits per heavy atom. The summed E-state index contributed by atoms with van der Waals surface area (Å²) in [5.74, 6) is -0.246. The van der Waals surface area contributed by atoms with Crippen molar-refractivity contribution in [1.29, 1.82) is 0 Å². The Balaban J connectivity index is 2.22. The second kappa shape index (κ2) is 5.18. The molecule has 2 aromatic rings. The number of anilines is 1. The largest absolute Gasteiger partial charge is 0.508 e. The first-order chi connectivity index (χ1) is 8.95. The maximum absolute atomic E-state index is 13.0. The molecular formula is C15H16FNO2. The molecule has 3 N–H and O–H groups in total. The van der Waals surface area contributed by atoms with Crippen LogP contribution in [0.5, 0.6) is 11.5 Å². The molecule has 3 nitrogen and oxygen atoms in total. The molecule has 0 bridgehead atoms. The van der Waals surface area contributed by atoms with Gasteiger partial charge in [0, 0.05) is 17.8 Å². The zero-order chi connectivity index (χ0) is 14.0. The number of rotatable bonds is 3. The molecule has 19 heavy (non-hydrogen) atoms. The summed E-state index contributed by atoms with van der Waals surface area (Å²) in [5, 5.41) is 22.1. The molecule has 0 saturated heterocycles. The van der Waals surface area contributed by atoms with Crippen molar-refractivity contribution < 1.29 is 14.6 Å². The van der Waals surface area contributed by atoms with Crippen molar-refractivity contribution in [2.24, 2.45) is 0 Å². The van der Waals surface area contributed by atoms with Gasteiger partial charge in [-0.15, -0.1) is 0 Å². The second-order valence-corrected chi connectivity index (χ2v) is 4.61. The normalized spacial score (nSPS) is 12.2. The Hall–Kier alpha value is -2.23. The third kappa shape index (κ3) is 3.16. The molecular weight excluding hydrogens is 245 g/mol. The van der Waals surface area contributed by atoms with E-state index in [1.165, 1.54) is 18.2 Å². The highest BCUT2D eigenvalue weighted by atomic mass is 19.1. The molecule has 0 amide bonds. The molecule has 2 rings (SSSR count). The summed E-state index contributed by atoms with van der Waals surface area (Å²) >= 11 is 0. The molecule has 0 aliphatic carbocycles. The highest BCUT2D eigenvalue weighted by molar-refractivity contribution is 5.52. The summed E-state index contributed by atoms with van der Waals surface area (Å²) in [7, 11) is 0. The van der Waals surface area contributed by atoms with Crippen molar-refractivity contribution in [3.8, 4) is 11.5 Å². The van der Waals surface area contributed by atoms with Gasteiger partial charge in [-0.25, -0.2) is 4.39 Å². The number of hydrogen-bond acceptors (Lipinski definition) is 3. The van der Waals surface area contributed by atoms with Gasteiger partial charge >= 0.3 is 0 Å². The lowest BCUT2D eigenvalue weighted by Crippen LogP contribution is -2.07. The van der Waals surface area contributed by atoms with Crippen LogP contribution < -0.4 is 5.32 Å². The lowest BCUT2D eigenvalue weighted by Gasteiger charge is -2.18. The summed E-state index contributed by atoms with van der Waals surface area (Å²) in [6.07, 6.45) is 0. The minimum absolute atomic E-state index is 0.0134. The minimum Gasteiger partial charge on any atom is -0.508 e. The fourth-order valence-electron chi connectivity index (χ4n) is 1.97. The van der Waals surface area contributed by atoms with E-state index in [0.29, 0.717) is 0 Å². The number of hydrogen-bond donors (Lipinski definition) is 3. The topological polar surface area (TPSA) is 52.5 Å². The van der Waals surface area contributed by atoms with Crippen LogP contribution in [0.4, 0.5) is 10.1 Å². The number of phenols is 2. The second-order valence-electron chi connectivity index (χ2n) is 4.61. The zero-order valence-corrected chi connectivity index (χ0v) is 10.8. The van der Waals surface area contributed by atoms with Crippen LogP contribution in [-0.2, 0) is 0 Å². The number of benzene rings is 2. The first-order valence-electron chi connectivity index (χ1n) is 6.01. The Morgan fingerprint density at radius 1 is 1.05 bits per heavy atom. The highest BCUT2D eigenvalue weighted by Crippen LogP contribution is 2.28. The number of nitrogens with one attached hydrogen (secondary N) is 1. The van der Waals surface area contributed by atoms with E-state index in [4.69, 9.17) is 0 Å². The van der Waals surface area contributed by atoms with Crippen LogP contribution in [0, 0.1) is 12.7 Å². The van der Waals surface area contributed by atoms with E-state index >= 15 is 0 Å². The van der Waals surface area contributed by atoms with E-state index in [-0.39, 0.29) is 23.4 Å². The van der Waals surface area contributed by atoms with E-state index in [9.17, 15) is 14.6 Å². The lowest BCUT2D eigenvalue weighted by atomic mass is 10.1. The van der Waals surface area contributed by atoms with Crippen LogP contribution in [0.15, 0.2) is 36.4 Å². The maximum atomic E-state index is 13.0. The highest BCUT2D eigenvalue weighted by Gasteiger charge is 2.09. The molecule has 0 aromatic heterocycles. The van der Waals surface area contributed by atoms with Crippen molar-refractivity contribution in [1.82, 2.24) is 0 Å². The van der Waals surface area contributed by atoms with E-state index < -0.39 is 0 Å². The van der Waals surface area contributed by atoms with E-state index in [2.05, 4.69) is 5.32 Å². The summed E-state index contributed by atoms with van der Waals surface area (Å²) < 4.78 is 13.0. The van der Waals surface area contributed by atoms with Crippen LogP contribution in [0.25, 0.3) is 0 Å². The summed E-state index contributed by atoms with van der Waals surface area (Å²) in [6, 6.07) is 8.83.